The van der Waals surface area contributed by atoms with Gasteiger partial charge in [-0.15, -0.1) is 0 Å². The molecular formula is C10H9N5O3. The van der Waals surface area contributed by atoms with Crippen LogP contribution in [0.25, 0.3) is 17.2 Å². The zero-order valence-electron chi connectivity index (χ0n) is 9.63. The number of H-pyrrole nitrogens is 1. The number of carboxylic acid groups (broad SMARTS) is 1. The third kappa shape index (κ3) is 1.32. The van der Waals surface area contributed by atoms with Gasteiger partial charge in [-0.25, -0.2) is 14.4 Å². The molecule has 3 rings (SSSR count). The van der Waals surface area contributed by atoms with Crippen LogP contribution in [0.2, 0.25) is 0 Å². The fraction of sp³-hybridized carbons (Fsp3) is 0.200. The number of nitrogens with zero attached hydrogens (tertiary/aromatic N) is 4. The highest BCUT2D eigenvalue weighted by molar-refractivity contribution is 5.92. The van der Waals surface area contributed by atoms with Gasteiger partial charge in [-0.1, -0.05) is 0 Å². The predicted octanol–water partition coefficient (Wildman–Crippen LogP) is 1.03. The highest BCUT2D eigenvalue weighted by Gasteiger charge is 2.23. The number of rotatable bonds is 2. The summed E-state index contributed by atoms with van der Waals surface area (Å²) in [6, 6.07) is 0. The number of aromatic amines is 1. The number of fused-ring (bicyclic) bond motifs is 1. The average molecular weight is 247 g/mol. The van der Waals surface area contributed by atoms with Gasteiger partial charge in [-0.3, -0.25) is 4.40 Å². The van der Waals surface area contributed by atoms with Crippen molar-refractivity contribution >= 4 is 11.7 Å². The molecule has 0 spiro atoms. The van der Waals surface area contributed by atoms with Crippen molar-refractivity contribution in [2.75, 3.05) is 0 Å². The number of carboxylic acids is 1. The Labute approximate surface area is 100 Å². The topological polar surface area (TPSA) is 109 Å². The number of aryl methyl sites for hydroxylation is 2. The highest BCUT2D eigenvalue weighted by Crippen LogP contribution is 2.24. The van der Waals surface area contributed by atoms with E-state index < -0.39 is 5.97 Å². The summed E-state index contributed by atoms with van der Waals surface area (Å²) in [5, 5.41) is 15.9. The highest BCUT2D eigenvalue weighted by atomic mass is 16.6. The van der Waals surface area contributed by atoms with Crippen molar-refractivity contribution < 1.29 is 14.5 Å². The van der Waals surface area contributed by atoms with Gasteiger partial charge in [0, 0.05) is 11.9 Å². The molecule has 0 atom stereocenters. The van der Waals surface area contributed by atoms with Crippen LogP contribution in [-0.4, -0.2) is 35.8 Å². The molecule has 0 unspecified atom stereocenters. The number of imidazole rings is 2. The van der Waals surface area contributed by atoms with Crippen LogP contribution in [0.1, 0.15) is 21.9 Å². The predicted molar refractivity (Wildman–Crippen MR) is 59.3 cm³/mol. The zero-order chi connectivity index (χ0) is 12.9. The molecule has 0 aromatic carbocycles. The van der Waals surface area contributed by atoms with E-state index >= 15 is 0 Å². The van der Waals surface area contributed by atoms with Gasteiger partial charge >= 0.3 is 5.97 Å². The monoisotopic (exact) mass is 247 g/mol. The van der Waals surface area contributed by atoms with Crippen molar-refractivity contribution in [3.8, 4) is 11.4 Å². The lowest BCUT2D eigenvalue weighted by molar-refractivity contribution is 0.0685. The van der Waals surface area contributed by atoms with Gasteiger partial charge < -0.3 is 10.1 Å². The lowest BCUT2D eigenvalue weighted by atomic mass is 10.2. The Morgan fingerprint density at radius 3 is 2.83 bits per heavy atom. The molecule has 0 bridgehead atoms. The molecule has 0 saturated heterocycles. The summed E-state index contributed by atoms with van der Waals surface area (Å²) in [5.74, 6) is -0.571. The molecule has 8 nitrogen and oxygen atoms in total. The summed E-state index contributed by atoms with van der Waals surface area (Å²) >= 11 is 0. The van der Waals surface area contributed by atoms with Crippen LogP contribution in [0.4, 0.5) is 0 Å². The maximum atomic E-state index is 11.0. The van der Waals surface area contributed by atoms with Crippen molar-refractivity contribution in [3.05, 3.63) is 23.3 Å². The lowest BCUT2D eigenvalue weighted by Crippen LogP contribution is -2.00. The van der Waals surface area contributed by atoms with E-state index in [0.29, 0.717) is 11.5 Å². The van der Waals surface area contributed by atoms with E-state index in [-0.39, 0.29) is 11.4 Å². The Bertz CT molecular complexity index is 751. The number of carbonyl (C=O) groups is 1. The van der Waals surface area contributed by atoms with Crippen molar-refractivity contribution in [1.29, 1.82) is 0 Å². The second-order valence-corrected chi connectivity index (χ2v) is 3.94. The van der Waals surface area contributed by atoms with Crippen LogP contribution in [0.15, 0.2) is 10.8 Å². The summed E-state index contributed by atoms with van der Waals surface area (Å²) < 4.78 is 6.30. The molecule has 92 valence electrons. The van der Waals surface area contributed by atoms with E-state index in [4.69, 9.17) is 5.11 Å². The van der Waals surface area contributed by atoms with Crippen LogP contribution >= 0.6 is 0 Å². The van der Waals surface area contributed by atoms with Crippen LogP contribution < -0.4 is 0 Å². The quantitative estimate of drug-likeness (QED) is 0.699. The van der Waals surface area contributed by atoms with Gasteiger partial charge in [0.2, 0.25) is 11.5 Å². The smallest absolute Gasteiger partial charge is 0.360 e. The number of aromatic nitrogens is 5. The number of hydrogen-bond donors (Lipinski definition) is 2. The van der Waals surface area contributed by atoms with Gasteiger partial charge in [0.25, 0.3) is 0 Å². The zero-order valence-corrected chi connectivity index (χ0v) is 9.63. The Kier molecular flexibility index (Phi) is 2.00. The van der Waals surface area contributed by atoms with Gasteiger partial charge in [-0.05, 0) is 24.2 Å². The fourth-order valence-corrected chi connectivity index (χ4v) is 1.87. The first-order valence-corrected chi connectivity index (χ1v) is 5.18. The van der Waals surface area contributed by atoms with Crippen molar-refractivity contribution in [2.45, 2.75) is 13.8 Å². The van der Waals surface area contributed by atoms with Gasteiger partial charge in [0.05, 0.1) is 5.69 Å². The molecule has 0 radical (unpaired) electrons. The molecule has 0 aliphatic rings. The van der Waals surface area contributed by atoms with Crippen LogP contribution in [-0.2, 0) is 0 Å². The van der Waals surface area contributed by atoms with Crippen LogP contribution in [0.3, 0.4) is 0 Å². The molecule has 0 aliphatic heterocycles. The minimum Gasteiger partial charge on any atom is -0.476 e. The minimum atomic E-state index is -1.20. The second-order valence-electron chi connectivity index (χ2n) is 3.94. The molecule has 3 aromatic heterocycles. The van der Waals surface area contributed by atoms with Gasteiger partial charge in [0.1, 0.15) is 5.69 Å². The second kappa shape index (κ2) is 3.42. The third-order valence-corrected chi connectivity index (χ3v) is 2.70. The van der Waals surface area contributed by atoms with E-state index in [1.165, 1.54) is 0 Å². The molecule has 8 heteroatoms. The van der Waals surface area contributed by atoms with Crippen molar-refractivity contribution in [3.63, 3.8) is 0 Å². The molecular weight excluding hydrogens is 238 g/mol. The van der Waals surface area contributed by atoms with Crippen molar-refractivity contribution in [2.24, 2.45) is 0 Å². The van der Waals surface area contributed by atoms with Crippen LogP contribution in [0, 0.1) is 13.8 Å². The molecule has 18 heavy (non-hydrogen) atoms. The first kappa shape index (κ1) is 10.5. The van der Waals surface area contributed by atoms with Gasteiger partial charge in [-0.2, -0.15) is 0 Å². The largest absolute Gasteiger partial charge is 0.476 e. The Morgan fingerprint density at radius 1 is 1.39 bits per heavy atom. The number of aromatic carboxylic acids is 1. The summed E-state index contributed by atoms with van der Waals surface area (Å²) in [5.41, 5.74) is 2.07. The molecule has 3 aromatic rings. The van der Waals surface area contributed by atoms with Crippen molar-refractivity contribution in [1.82, 2.24) is 24.7 Å². The molecule has 0 aliphatic carbocycles. The minimum absolute atomic E-state index is 0.134. The standard InChI is InChI=1S/C10H9N5O3/c1-4-3-15-5(2)6(12-10(15)11-4)7-8(9(16)17)14-18-13-7/h3H,1-2H3,(H,11,12)(H,16,17). The first-order chi connectivity index (χ1) is 8.58. The maximum absolute atomic E-state index is 11.0. The molecule has 2 N–H and O–H groups in total. The fourth-order valence-electron chi connectivity index (χ4n) is 1.87. The summed E-state index contributed by atoms with van der Waals surface area (Å²) in [7, 11) is 0. The average Bonchev–Trinajstić information content (AvgIpc) is 2.95. The van der Waals surface area contributed by atoms with Gasteiger partial charge in [0.15, 0.2) is 5.69 Å². The number of nitrogens with one attached hydrogen (secondary N) is 1. The Morgan fingerprint density at radius 2 is 2.17 bits per heavy atom. The van der Waals surface area contributed by atoms with E-state index in [0.717, 1.165) is 11.4 Å². The molecule has 0 saturated carbocycles. The van der Waals surface area contributed by atoms with Crippen LogP contribution in [0.5, 0.6) is 0 Å². The van der Waals surface area contributed by atoms with E-state index in [1.54, 1.807) is 0 Å². The molecule has 0 amide bonds. The van der Waals surface area contributed by atoms with E-state index in [2.05, 4.69) is 24.9 Å². The molecule has 3 heterocycles. The van der Waals surface area contributed by atoms with E-state index in [1.807, 2.05) is 24.4 Å². The molecule has 0 fully saturated rings. The number of hydrogen-bond acceptors (Lipinski definition) is 5. The lowest BCUT2D eigenvalue weighted by Gasteiger charge is -1.93. The summed E-state index contributed by atoms with van der Waals surface area (Å²) in [6.45, 7) is 3.73. The third-order valence-electron chi connectivity index (χ3n) is 2.70. The SMILES string of the molecule is Cc1cn2c(C)c(-c3nonc3C(=O)O)nc2[nH]1. The Hall–Kier alpha value is -2.64. The van der Waals surface area contributed by atoms with E-state index in [9.17, 15) is 4.79 Å². The first-order valence-electron chi connectivity index (χ1n) is 5.18. The summed E-state index contributed by atoms with van der Waals surface area (Å²) in [4.78, 5) is 18.3. The Balaban J connectivity index is 2.25. The normalized spacial score (nSPS) is 11.2. The maximum Gasteiger partial charge on any atom is 0.360 e. The summed E-state index contributed by atoms with van der Waals surface area (Å²) in [6.07, 6.45) is 1.87.